The van der Waals surface area contributed by atoms with E-state index < -0.39 is 0 Å². The van der Waals surface area contributed by atoms with Crippen molar-refractivity contribution in [1.82, 2.24) is 0 Å². The smallest absolute Gasteiger partial charge is 0.0341 e. The minimum absolute atomic E-state index is 0.798. The van der Waals surface area contributed by atoms with Gasteiger partial charge in [-0.2, -0.15) is 12.6 Å². The molecule has 0 aliphatic carbocycles. The van der Waals surface area contributed by atoms with E-state index in [0.29, 0.717) is 0 Å². The van der Waals surface area contributed by atoms with Crippen molar-refractivity contribution in [3.05, 3.63) is 32.4 Å². The van der Waals surface area contributed by atoms with Gasteiger partial charge in [-0.3, -0.25) is 0 Å². The van der Waals surface area contributed by atoms with E-state index in [9.17, 15) is 0 Å². The van der Waals surface area contributed by atoms with Crippen molar-refractivity contribution in [3.63, 3.8) is 0 Å². The molecule has 0 atom stereocenters. The van der Waals surface area contributed by atoms with E-state index in [4.69, 9.17) is 0 Å². The molecule has 0 amide bonds. The van der Waals surface area contributed by atoms with Crippen LogP contribution in [0.2, 0.25) is 0 Å². The molecule has 0 aliphatic heterocycles. The average Bonchev–Trinajstić information content (AvgIpc) is 1.87. The molecule has 0 saturated heterocycles. The Kier molecular flexibility index (Phi) is 8.20. The Morgan fingerprint density at radius 2 is 2.00 bits per heavy atom. The fourth-order valence-electron chi connectivity index (χ4n) is 0.219. The highest BCUT2D eigenvalue weighted by Crippen LogP contribution is 2.19. The predicted molar refractivity (Wildman–Crippen MR) is 60.6 cm³/mol. The van der Waals surface area contributed by atoms with Gasteiger partial charge in [0.1, 0.15) is 0 Å². The molecule has 0 aliphatic rings. The quantitative estimate of drug-likeness (QED) is 0.676. The van der Waals surface area contributed by atoms with Crippen LogP contribution in [0.5, 0.6) is 0 Å². The molecule has 10 heavy (non-hydrogen) atoms. The summed E-state index contributed by atoms with van der Waals surface area (Å²) in [6.07, 6.45) is 0. The average molecular weight is 208 g/mol. The van der Waals surface area contributed by atoms with Gasteiger partial charge in [0.15, 0.2) is 0 Å². The molecule has 56 valence electrons. The van der Waals surface area contributed by atoms with E-state index in [1.807, 2.05) is 16.2 Å². The van der Waals surface area contributed by atoms with Crippen LogP contribution in [0.4, 0.5) is 0 Å². The Hall–Kier alpha value is 0.620. The Balaban J connectivity index is 3.29. The van der Waals surface area contributed by atoms with Gasteiger partial charge >= 0.3 is 0 Å². The second-order valence-corrected chi connectivity index (χ2v) is 4.16. The summed E-state index contributed by atoms with van der Waals surface area (Å²) in [4.78, 5) is 0. The molecule has 4 heteroatoms. The van der Waals surface area contributed by atoms with E-state index in [0.717, 1.165) is 4.24 Å². The van der Waals surface area contributed by atoms with Crippen LogP contribution >= 0.6 is 48.8 Å². The summed E-state index contributed by atoms with van der Waals surface area (Å²) in [5, 5.41) is 7.43. The second kappa shape index (κ2) is 7.72. The summed E-state index contributed by atoms with van der Waals surface area (Å²) in [5.74, 6) is 0. The van der Waals surface area contributed by atoms with Crippen LogP contribution in [-0.2, 0) is 0 Å². The fraction of sp³-hybridized carbons (Fsp3) is 0. The van der Waals surface area contributed by atoms with E-state index in [-0.39, 0.29) is 0 Å². The Bertz CT molecular complexity index is 148. The summed E-state index contributed by atoms with van der Waals surface area (Å²) < 4.78 is 0.798. The van der Waals surface area contributed by atoms with E-state index >= 15 is 0 Å². The lowest BCUT2D eigenvalue weighted by Gasteiger charge is -1.85. The predicted octanol–water partition coefficient (Wildman–Crippen LogP) is 3.73. The number of hydrogen-bond acceptors (Lipinski definition) is 4. The van der Waals surface area contributed by atoms with Gasteiger partial charge in [-0.25, -0.2) is 0 Å². The molecule has 0 aromatic rings. The van der Waals surface area contributed by atoms with Crippen molar-refractivity contribution < 1.29 is 0 Å². The molecule has 0 heterocycles. The maximum absolute atomic E-state index is 4.00. The van der Waals surface area contributed by atoms with Crippen LogP contribution < -0.4 is 0 Å². The minimum atomic E-state index is 0.798. The third kappa shape index (κ3) is 8.62. The van der Waals surface area contributed by atoms with Crippen LogP contribution in [0, 0.1) is 0 Å². The zero-order valence-corrected chi connectivity index (χ0v) is 8.65. The van der Waals surface area contributed by atoms with Crippen molar-refractivity contribution in [2.24, 2.45) is 0 Å². The molecule has 0 rings (SSSR count). The summed E-state index contributed by atoms with van der Waals surface area (Å²) >= 11 is 10.9. The van der Waals surface area contributed by atoms with Crippen molar-refractivity contribution >= 4 is 48.8 Å². The lowest BCUT2D eigenvalue weighted by atomic mass is 11.2. The molecule has 0 nitrogen and oxygen atoms in total. The highest BCUT2D eigenvalue weighted by atomic mass is 32.2. The van der Waals surface area contributed by atoms with Crippen molar-refractivity contribution in [3.8, 4) is 0 Å². The van der Waals surface area contributed by atoms with Crippen molar-refractivity contribution in [2.45, 2.75) is 0 Å². The van der Waals surface area contributed by atoms with Gasteiger partial charge in [0.25, 0.3) is 0 Å². The molecule has 0 unspecified atom stereocenters. The minimum Gasteiger partial charge on any atom is -0.151 e. The maximum Gasteiger partial charge on any atom is 0.0341 e. The van der Waals surface area contributed by atoms with Gasteiger partial charge < -0.3 is 0 Å². The van der Waals surface area contributed by atoms with E-state index in [2.05, 4.69) is 31.8 Å². The van der Waals surface area contributed by atoms with Crippen LogP contribution in [0.3, 0.4) is 0 Å². The highest BCUT2D eigenvalue weighted by molar-refractivity contribution is 8.17. The molecule has 0 bridgehead atoms. The molecule has 0 N–H and O–H groups in total. The van der Waals surface area contributed by atoms with Crippen molar-refractivity contribution in [1.29, 1.82) is 0 Å². The first-order valence-electron chi connectivity index (χ1n) is 2.41. The number of thioether (sulfide) groups is 2. The number of rotatable bonds is 4. The normalized spacial score (nSPS) is 11.4. The lowest BCUT2D eigenvalue weighted by molar-refractivity contribution is 2.45. The summed E-state index contributed by atoms with van der Waals surface area (Å²) in [6, 6.07) is 0. The maximum atomic E-state index is 4.00. The molecular formula is C6H8S4. The van der Waals surface area contributed by atoms with Gasteiger partial charge in [0.05, 0.1) is 0 Å². The lowest BCUT2D eigenvalue weighted by Crippen LogP contribution is -1.48. The Labute approximate surface area is 81.1 Å². The molecule has 0 fully saturated rings. The van der Waals surface area contributed by atoms with Gasteiger partial charge in [-0.15, -0.1) is 24.4 Å². The van der Waals surface area contributed by atoms with Gasteiger partial charge in [0, 0.05) is 4.24 Å². The molecule has 0 aromatic heterocycles. The number of hydrogen-bond donors (Lipinski definition) is 2. The largest absolute Gasteiger partial charge is 0.151 e. The Morgan fingerprint density at radius 1 is 1.30 bits per heavy atom. The molecule has 0 aromatic carbocycles. The molecule has 0 radical (unpaired) electrons. The summed E-state index contributed by atoms with van der Waals surface area (Å²) in [5.41, 5.74) is 0. The second-order valence-electron chi connectivity index (χ2n) is 1.20. The zero-order valence-electron chi connectivity index (χ0n) is 5.23. The third-order valence-electron chi connectivity index (χ3n) is 0.478. The van der Waals surface area contributed by atoms with Gasteiger partial charge in [-0.1, -0.05) is 18.3 Å². The van der Waals surface area contributed by atoms with E-state index in [1.165, 1.54) is 11.8 Å². The van der Waals surface area contributed by atoms with Gasteiger partial charge in [-0.05, 0) is 21.6 Å². The van der Waals surface area contributed by atoms with Gasteiger partial charge in [0.2, 0.25) is 0 Å². The van der Waals surface area contributed by atoms with E-state index in [1.54, 1.807) is 17.2 Å². The molecule has 0 spiro atoms. The van der Waals surface area contributed by atoms with Crippen LogP contribution in [0.15, 0.2) is 32.4 Å². The first kappa shape index (κ1) is 10.6. The van der Waals surface area contributed by atoms with Crippen LogP contribution in [0.25, 0.3) is 0 Å². The Morgan fingerprint density at radius 3 is 2.50 bits per heavy atom. The van der Waals surface area contributed by atoms with Crippen molar-refractivity contribution in [2.75, 3.05) is 0 Å². The first-order valence-corrected chi connectivity index (χ1v) is 5.20. The number of thiol groups is 2. The monoisotopic (exact) mass is 208 g/mol. The first-order chi connectivity index (χ1) is 4.77. The SMILES string of the molecule is C=C(S)S/C=C\S/C=C\S. The summed E-state index contributed by atoms with van der Waals surface area (Å²) in [6.45, 7) is 3.61. The summed E-state index contributed by atoms with van der Waals surface area (Å²) in [7, 11) is 0. The molecule has 0 saturated carbocycles. The van der Waals surface area contributed by atoms with Crippen LogP contribution in [0.1, 0.15) is 0 Å². The van der Waals surface area contributed by atoms with Crippen LogP contribution in [-0.4, -0.2) is 0 Å². The topological polar surface area (TPSA) is 0 Å². The highest BCUT2D eigenvalue weighted by Gasteiger charge is 1.78. The third-order valence-corrected chi connectivity index (χ3v) is 2.45. The fourth-order valence-corrected chi connectivity index (χ4v) is 1.41. The molecular weight excluding hydrogens is 200 g/mol. The standard InChI is InChI=1S/C6H8S4/c1-6(8)10-5-4-9-3-2-7/h2-5,7-8H,1H2/b3-2-,5-4-. The zero-order chi connectivity index (χ0) is 7.82.